The van der Waals surface area contributed by atoms with Gasteiger partial charge in [-0.05, 0) is 67.4 Å². The van der Waals surface area contributed by atoms with Gasteiger partial charge in [-0.3, -0.25) is 4.79 Å². The van der Waals surface area contributed by atoms with Crippen molar-refractivity contribution in [1.82, 2.24) is 0 Å². The largest absolute Gasteiger partial charge is 0.497 e. The molecule has 6 nitrogen and oxygen atoms in total. The first-order valence-corrected chi connectivity index (χ1v) is 10.8. The van der Waals surface area contributed by atoms with Crippen molar-refractivity contribution >= 4 is 28.1 Å². The number of rotatable bonds is 7. The summed E-state index contributed by atoms with van der Waals surface area (Å²) in [5, 5.41) is 3.82. The molecule has 0 aliphatic carbocycles. The van der Waals surface area contributed by atoms with Crippen LogP contribution in [0.2, 0.25) is 0 Å². The van der Waals surface area contributed by atoms with E-state index in [9.17, 15) is 4.79 Å². The van der Waals surface area contributed by atoms with Crippen molar-refractivity contribution in [2.45, 2.75) is 13.8 Å². The molecule has 34 heavy (non-hydrogen) atoms. The summed E-state index contributed by atoms with van der Waals surface area (Å²) >= 11 is 0. The summed E-state index contributed by atoms with van der Waals surface area (Å²) in [7, 11) is 4.87. The maximum atomic E-state index is 12.7. The fourth-order valence-electron chi connectivity index (χ4n) is 4.01. The molecule has 1 amide bonds. The van der Waals surface area contributed by atoms with Crippen molar-refractivity contribution in [2.75, 3.05) is 26.6 Å². The number of methoxy groups -OCH3 is 3. The highest BCUT2D eigenvalue weighted by Crippen LogP contribution is 2.41. The summed E-state index contributed by atoms with van der Waals surface area (Å²) in [5.74, 6) is 1.93. The fraction of sp³-hybridized carbons (Fsp3) is 0.179. The number of hydrogen-bond donors (Lipinski definition) is 1. The summed E-state index contributed by atoms with van der Waals surface area (Å²) < 4.78 is 22.2. The predicted octanol–water partition coefficient (Wildman–Crippen LogP) is 6.48. The quantitative estimate of drug-likeness (QED) is 0.322. The second kappa shape index (κ2) is 9.75. The number of aryl methyl sites for hydroxylation is 1. The zero-order valence-corrected chi connectivity index (χ0v) is 19.9. The molecule has 0 bridgehead atoms. The molecule has 1 N–H and O–H groups in total. The van der Waals surface area contributed by atoms with Crippen molar-refractivity contribution in [2.24, 2.45) is 0 Å². The Kier molecular flexibility index (Phi) is 6.59. The number of fused-ring (bicyclic) bond motifs is 1. The van der Waals surface area contributed by atoms with Gasteiger partial charge in [-0.25, -0.2) is 0 Å². The van der Waals surface area contributed by atoms with Crippen LogP contribution in [0.15, 0.2) is 71.4 Å². The van der Waals surface area contributed by atoms with Gasteiger partial charge in [-0.1, -0.05) is 12.1 Å². The van der Waals surface area contributed by atoms with E-state index in [1.54, 1.807) is 57.9 Å². The molecule has 4 rings (SSSR count). The minimum absolute atomic E-state index is 0.234. The number of amides is 1. The number of allylic oxidation sites excluding steroid dienone is 1. The van der Waals surface area contributed by atoms with Gasteiger partial charge in [0.2, 0.25) is 5.91 Å². The topological polar surface area (TPSA) is 69.9 Å². The highest BCUT2D eigenvalue weighted by Gasteiger charge is 2.19. The third kappa shape index (κ3) is 4.48. The molecule has 0 saturated heterocycles. The van der Waals surface area contributed by atoms with Gasteiger partial charge in [-0.15, -0.1) is 0 Å². The molecule has 0 saturated carbocycles. The molecule has 0 unspecified atom stereocenters. The van der Waals surface area contributed by atoms with Gasteiger partial charge in [-0.2, -0.15) is 0 Å². The van der Waals surface area contributed by atoms with Gasteiger partial charge < -0.3 is 23.9 Å². The predicted molar refractivity (Wildman–Crippen MR) is 135 cm³/mol. The molecule has 1 aromatic heterocycles. The van der Waals surface area contributed by atoms with Crippen LogP contribution in [0.1, 0.15) is 18.1 Å². The Bertz CT molecular complexity index is 1370. The van der Waals surface area contributed by atoms with Crippen LogP contribution in [-0.2, 0) is 4.79 Å². The number of carbonyl (C=O) groups excluding carboxylic acids is 1. The van der Waals surface area contributed by atoms with Gasteiger partial charge in [0.1, 0.15) is 22.8 Å². The van der Waals surface area contributed by atoms with Gasteiger partial charge in [0.05, 0.1) is 27.6 Å². The highest BCUT2D eigenvalue weighted by atomic mass is 16.5. The minimum atomic E-state index is -0.234. The number of anilines is 1. The summed E-state index contributed by atoms with van der Waals surface area (Å²) in [6.07, 6.45) is 3.31. The minimum Gasteiger partial charge on any atom is -0.497 e. The van der Waals surface area contributed by atoms with Gasteiger partial charge in [0.25, 0.3) is 0 Å². The van der Waals surface area contributed by atoms with Crippen molar-refractivity contribution in [3.63, 3.8) is 0 Å². The molecule has 1 heterocycles. The van der Waals surface area contributed by atoms with Crippen LogP contribution < -0.4 is 19.5 Å². The molecule has 174 valence electrons. The Labute approximate surface area is 198 Å². The van der Waals surface area contributed by atoms with Crippen LogP contribution in [0.4, 0.5) is 5.69 Å². The van der Waals surface area contributed by atoms with Gasteiger partial charge in [0, 0.05) is 33.8 Å². The SMILES string of the molecule is COc1ccc(NC(=O)/C=C(\C)c2cc3c(-c4cccc(OC)c4)coc3c(C)c2OC)cc1. The maximum Gasteiger partial charge on any atom is 0.248 e. The van der Waals surface area contributed by atoms with E-state index in [0.29, 0.717) is 11.4 Å². The summed E-state index contributed by atoms with van der Waals surface area (Å²) in [5.41, 5.74) is 5.81. The molecule has 0 spiro atoms. The van der Waals surface area contributed by atoms with Crippen LogP contribution in [0.25, 0.3) is 27.7 Å². The third-order valence-electron chi connectivity index (χ3n) is 5.76. The first kappa shape index (κ1) is 23.0. The van der Waals surface area contributed by atoms with E-state index in [4.69, 9.17) is 18.6 Å². The zero-order valence-electron chi connectivity index (χ0n) is 19.9. The van der Waals surface area contributed by atoms with Crippen molar-refractivity contribution in [3.05, 3.63) is 78.1 Å². The van der Waals surface area contributed by atoms with Crippen LogP contribution in [-0.4, -0.2) is 27.2 Å². The van der Waals surface area contributed by atoms with E-state index in [2.05, 4.69) is 5.32 Å². The number of benzene rings is 3. The molecule has 6 heteroatoms. The molecular weight excluding hydrogens is 430 g/mol. The lowest BCUT2D eigenvalue weighted by Gasteiger charge is -2.13. The van der Waals surface area contributed by atoms with Crippen LogP contribution in [0.3, 0.4) is 0 Å². The van der Waals surface area contributed by atoms with Crippen molar-refractivity contribution in [1.29, 1.82) is 0 Å². The molecule has 3 aromatic carbocycles. The molecule has 0 aliphatic rings. The van der Waals surface area contributed by atoms with Gasteiger partial charge >= 0.3 is 0 Å². The van der Waals surface area contributed by atoms with E-state index >= 15 is 0 Å². The highest BCUT2D eigenvalue weighted by molar-refractivity contribution is 6.06. The standard InChI is InChI=1S/C28H27NO5/c1-17(13-26(30)29-20-9-11-21(31-3)12-10-20)23-15-24-25(19-7-6-8-22(14-19)32-4)16-34-28(24)18(2)27(23)33-5/h6-16H,1-5H3,(H,29,30)/b17-13+. The Hall–Kier alpha value is -4.19. The van der Waals surface area contributed by atoms with Crippen LogP contribution in [0, 0.1) is 6.92 Å². The normalized spacial score (nSPS) is 11.4. The van der Waals surface area contributed by atoms with E-state index in [0.717, 1.165) is 50.3 Å². The Morgan fingerprint density at radius 3 is 2.35 bits per heavy atom. The number of ether oxygens (including phenoxy) is 3. The lowest BCUT2D eigenvalue weighted by molar-refractivity contribution is -0.111. The second-order valence-corrected chi connectivity index (χ2v) is 7.89. The molecular formula is C28H27NO5. The molecule has 0 fully saturated rings. The van der Waals surface area contributed by atoms with E-state index in [1.807, 2.05) is 44.2 Å². The van der Waals surface area contributed by atoms with Gasteiger partial charge in [0.15, 0.2) is 0 Å². The van der Waals surface area contributed by atoms with Crippen molar-refractivity contribution in [3.8, 4) is 28.4 Å². The maximum absolute atomic E-state index is 12.7. The lowest BCUT2D eigenvalue weighted by Crippen LogP contribution is -2.08. The monoisotopic (exact) mass is 457 g/mol. The zero-order chi connectivity index (χ0) is 24.2. The number of furan rings is 1. The Balaban J connectivity index is 1.73. The number of hydrogen-bond acceptors (Lipinski definition) is 5. The first-order chi connectivity index (χ1) is 16.4. The molecule has 0 aliphatic heterocycles. The first-order valence-electron chi connectivity index (χ1n) is 10.8. The smallest absolute Gasteiger partial charge is 0.248 e. The Morgan fingerprint density at radius 1 is 0.941 bits per heavy atom. The molecule has 0 atom stereocenters. The Morgan fingerprint density at radius 2 is 1.68 bits per heavy atom. The van der Waals surface area contributed by atoms with E-state index < -0.39 is 0 Å². The number of nitrogens with one attached hydrogen (secondary N) is 1. The second-order valence-electron chi connectivity index (χ2n) is 7.89. The van der Waals surface area contributed by atoms with Crippen LogP contribution >= 0.6 is 0 Å². The summed E-state index contributed by atoms with van der Waals surface area (Å²) in [6, 6.07) is 17.0. The fourth-order valence-corrected chi connectivity index (χ4v) is 4.01. The third-order valence-corrected chi connectivity index (χ3v) is 5.76. The molecule has 4 aromatic rings. The molecule has 0 radical (unpaired) electrons. The number of carbonyl (C=O) groups is 1. The van der Waals surface area contributed by atoms with Crippen molar-refractivity contribution < 1.29 is 23.4 Å². The van der Waals surface area contributed by atoms with Crippen LogP contribution in [0.5, 0.6) is 17.2 Å². The summed E-state index contributed by atoms with van der Waals surface area (Å²) in [6.45, 7) is 3.84. The summed E-state index contributed by atoms with van der Waals surface area (Å²) in [4.78, 5) is 12.7. The average Bonchev–Trinajstić information content (AvgIpc) is 3.28. The van der Waals surface area contributed by atoms with E-state index in [1.165, 1.54) is 0 Å². The van der Waals surface area contributed by atoms with E-state index in [-0.39, 0.29) is 5.91 Å². The average molecular weight is 458 g/mol. The lowest BCUT2D eigenvalue weighted by atomic mass is 9.96.